The highest BCUT2D eigenvalue weighted by atomic mass is 32.2. The fourth-order valence-corrected chi connectivity index (χ4v) is 3.36. The van der Waals surface area contributed by atoms with Gasteiger partial charge >= 0.3 is 0 Å². The first-order valence-electron chi connectivity index (χ1n) is 6.72. The number of hydrogen-bond donors (Lipinski definition) is 2. The van der Waals surface area contributed by atoms with Gasteiger partial charge in [0.05, 0.1) is 16.3 Å². The van der Waals surface area contributed by atoms with E-state index in [4.69, 9.17) is 5.73 Å². The van der Waals surface area contributed by atoms with E-state index < -0.39 is 10.0 Å². The number of benzene rings is 1. The lowest BCUT2D eigenvalue weighted by molar-refractivity contribution is 0.601. The number of hydrogen-bond acceptors (Lipinski definition) is 4. The molecule has 1 aromatic heterocycles. The van der Waals surface area contributed by atoms with E-state index in [0.29, 0.717) is 17.9 Å². The topological polar surface area (TPSA) is 90.0 Å². The quantitative estimate of drug-likeness (QED) is 0.877. The number of aryl methyl sites for hydroxylation is 3. The first-order valence-corrected chi connectivity index (χ1v) is 8.20. The van der Waals surface area contributed by atoms with Crippen LogP contribution in [0.4, 0.5) is 5.69 Å². The van der Waals surface area contributed by atoms with Crippen molar-refractivity contribution in [1.82, 2.24) is 9.78 Å². The van der Waals surface area contributed by atoms with Gasteiger partial charge < -0.3 is 5.73 Å². The van der Waals surface area contributed by atoms with Crippen molar-refractivity contribution >= 4 is 15.7 Å². The first-order chi connectivity index (χ1) is 9.87. The predicted molar refractivity (Wildman–Crippen MR) is 82.5 cm³/mol. The van der Waals surface area contributed by atoms with Crippen LogP contribution in [0.2, 0.25) is 0 Å². The second kappa shape index (κ2) is 5.87. The van der Waals surface area contributed by atoms with Gasteiger partial charge in [0.2, 0.25) is 0 Å². The van der Waals surface area contributed by atoms with Gasteiger partial charge in [-0.1, -0.05) is 13.0 Å². The minimum Gasteiger partial charge on any atom is -0.326 e. The summed E-state index contributed by atoms with van der Waals surface area (Å²) in [5, 5.41) is 4.12. The average Bonchev–Trinajstić information content (AvgIpc) is 2.75. The molecule has 0 spiro atoms. The maximum atomic E-state index is 12.4. The molecule has 2 aromatic rings. The van der Waals surface area contributed by atoms with Gasteiger partial charge in [-0.15, -0.1) is 0 Å². The van der Waals surface area contributed by atoms with Gasteiger partial charge in [0.15, 0.2) is 0 Å². The number of anilines is 1. The molecule has 0 saturated carbocycles. The SMILES string of the molecule is CCc1ccc(S(=O)(=O)Nc2cn(C)nc2C)cc1CN. The zero-order valence-electron chi connectivity index (χ0n) is 12.4. The van der Waals surface area contributed by atoms with Gasteiger partial charge in [-0.05, 0) is 36.6 Å². The summed E-state index contributed by atoms with van der Waals surface area (Å²) in [5.41, 5.74) is 8.71. The third-order valence-corrected chi connectivity index (χ3v) is 4.71. The van der Waals surface area contributed by atoms with Crippen molar-refractivity contribution in [3.8, 4) is 0 Å². The number of rotatable bonds is 5. The molecule has 0 saturated heterocycles. The molecule has 6 nitrogen and oxygen atoms in total. The predicted octanol–water partition coefficient (Wildman–Crippen LogP) is 1.55. The highest BCUT2D eigenvalue weighted by molar-refractivity contribution is 7.92. The van der Waals surface area contributed by atoms with Crippen molar-refractivity contribution in [2.24, 2.45) is 12.8 Å². The standard InChI is InChI=1S/C14H20N4O2S/c1-4-11-5-6-13(7-12(11)8-15)21(19,20)17-14-9-18(3)16-10(14)2/h5-7,9,17H,4,8,15H2,1-3H3. The van der Waals surface area contributed by atoms with E-state index in [2.05, 4.69) is 9.82 Å². The van der Waals surface area contributed by atoms with Crippen molar-refractivity contribution in [3.05, 3.63) is 41.2 Å². The Hall–Kier alpha value is -1.86. The van der Waals surface area contributed by atoms with Crippen molar-refractivity contribution < 1.29 is 8.42 Å². The molecular formula is C14H20N4O2S. The van der Waals surface area contributed by atoms with E-state index in [-0.39, 0.29) is 4.90 Å². The maximum Gasteiger partial charge on any atom is 0.262 e. The molecule has 114 valence electrons. The van der Waals surface area contributed by atoms with Crippen molar-refractivity contribution in [2.75, 3.05) is 4.72 Å². The van der Waals surface area contributed by atoms with Crippen molar-refractivity contribution in [1.29, 1.82) is 0 Å². The Bertz CT molecular complexity index is 750. The second-order valence-corrected chi connectivity index (χ2v) is 6.58. The molecule has 0 atom stereocenters. The highest BCUT2D eigenvalue weighted by Gasteiger charge is 2.18. The lowest BCUT2D eigenvalue weighted by atomic mass is 10.1. The van der Waals surface area contributed by atoms with E-state index >= 15 is 0 Å². The molecular weight excluding hydrogens is 288 g/mol. The summed E-state index contributed by atoms with van der Waals surface area (Å²) in [6.07, 6.45) is 2.46. The summed E-state index contributed by atoms with van der Waals surface area (Å²) in [5.74, 6) is 0. The number of nitrogens with two attached hydrogens (primary N) is 1. The van der Waals surface area contributed by atoms with Crippen LogP contribution in [0, 0.1) is 6.92 Å². The van der Waals surface area contributed by atoms with Gasteiger partial charge in [0, 0.05) is 19.8 Å². The summed E-state index contributed by atoms with van der Waals surface area (Å²) < 4.78 is 29.0. The largest absolute Gasteiger partial charge is 0.326 e. The average molecular weight is 308 g/mol. The van der Waals surface area contributed by atoms with E-state index in [0.717, 1.165) is 17.5 Å². The van der Waals surface area contributed by atoms with Gasteiger partial charge in [0.25, 0.3) is 10.0 Å². The summed E-state index contributed by atoms with van der Waals surface area (Å²) >= 11 is 0. The van der Waals surface area contributed by atoms with E-state index in [1.54, 1.807) is 37.0 Å². The maximum absolute atomic E-state index is 12.4. The van der Waals surface area contributed by atoms with Crippen LogP contribution in [-0.2, 0) is 30.0 Å². The molecule has 0 radical (unpaired) electrons. The summed E-state index contributed by atoms with van der Waals surface area (Å²) in [6.45, 7) is 4.09. The molecule has 0 amide bonds. The molecule has 0 unspecified atom stereocenters. The normalized spacial score (nSPS) is 11.6. The van der Waals surface area contributed by atoms with Crippen LogP contribution >= 0.6 is 0 Å². The second-order valence-electron chi connectivity index (χ2n) is 4.90. The third-order valence-electron chi connectivity index (χ3n) is 3.35. The van der Waals surface area contributed by atoms with Gasteiger partial charge in [-0.25, -0.2) is 8.42 Å². The van der Waals surface area contributed by atoms with E-state index in [1.807, 2.05) is 13.0 Å². The summed E-state index contributed by atoms with van der Waals surface area (Å²) in [6, 6.07) is 5.05. The molecule has 0 fully saturated rings. The molecule has 0 aliphatic carbocycles. The molecule has 1 heterocycles. The van der Waals surface area contributed by atoms with Gasteiger partial charge in [-0.2, -0.15) is 5.10 Å². The Morgan fingerprint density at radius 3 is 2.57 bits per heavy atom. The van der Waals surface area contributed by atoms with Gasteiger partial charge in [-0.3, -0.25) is 9.40 Å². The zero-order chi connectivity index (χ0) is 15.6. The summed E-state index contributed by atoms with van der Waals surface area (Å²) in [7, 11) is -1.90. The lowest BCUT2D eigenvalue weighted by Gasteiger charge is -2.11. The Kier molecular flexibility index (Phi) is 4.34. The Balaban J connectivity index is 2.38. The van der Waals surface area contributed by atoms with Crippen molar-refractivity contribution in [2.45, 2.75) is 31.7 Å². The van der Waals surface area contributed by atoms with Crippen molar-refractivity contribution in [3.63, 3.8) is 0 Å². The van der Waals surface area contributed by atoms with Crippen LogP contribution < -0.4 is 10.5 Å². The molecule has 0 aliphatic heterocycles. The molecule has 21 heavy (non-hydrogen) atoms. The summed E-state index contributed by atoms with van der Waals surface area (Å²) in [4.78, 5) is 0.211. The molecule has 7 heteroatoms. The van der Waals surface area contributed by atoms with Crippen LogP contribution in [0.5, 0.6) is 0 Å². The third kappa shape index (κ3) is 3.25. The number of aromatic nitrogens is 2. The lowest BCUT2D eigenvalue weighted by Crippen LogP contribution is -2.14. The number of nitrogens with one attached hydrogen (secondary N) is 1. The molecule has 0 bridgehead atoms. The highest BCUT2D eigenvalue weighted by Crippen LogP contribution is 2.21. The Labute approximate surface area is 125 Å². The van der Waals surface area contributed by atoms with Gasteiger partial charge in [0.1, 0.15) is 0 Å². The Morgan fingerprint density at radius 2 is 2.05 bits per heavy atom. The fourth-order valence-electron chi connectivity index (χ4n) is 2.21. The first kappa shape index (κ1) is 15.5. The number of sulfonamides is 1. The fraction of sp³-hybridized carbons (Fsp3) is 0.357. The van der Waals surface area contributed by atoms with Crippen LogP contribution in [-0.4, -0.2) is 18.2 Å². The van der Waals surface area contributed by atoms with Crippen LogP contribution in [0.1, 0.15) is 23.7 Å². The molecule has 1 aromatic carbocycles. The molecule has 3 N–H and O–H groups in total. The van der Waals surface area contributed by atoms with Crippen LogP contribution in [0.15, 0.2) is 29.3 Å². The zero-order valence-corrected chi connectivity index (χ0v) is 13.2. The van der Waals surface area contributed by atoms with E-state index in [1.165, 1.54) is 0 Å². The van der Waals surface area contributed by atoms with Crippen LogP contribution in [0.3, 0.4) is 0 Å². The molecule has 2 rings (SSSR count). The minimum absolute atomic E-state index is 0.211. The Morgan fingerprint density at radius 1 is 1.33 bits per heavy atom. The monoisotopic (exact) mass is 308 g/mol. The molecule has 0 aliphatic rings. The smallest absolute Gasteiger partial charge is 0.262 e. The van der Waals surface area contributed by atoms with Crippen LogP contribution in [0.25, 0.3) is 0 Å². The number of nitrogens with zero attached hydrogens (tertiary/aromatic N) is 2. The van der Waals surface area contributed by atoms with E-state index in [9.17, 15) is 8.42 Å². The minimum atomic E-state index is -3.64.